The monoisotopic (exact) mass is 429 g/mol. The van der Waals surface area contributed by atoms with Crippen LogP contribution in [-0.2, 0) is 0 Å². The average Bonchev–Trinajstić information content (AvgIpc) is 3.28. The van der Waals surface area contributed by atoms with Gasteiger partial charge in [0.1, 0.15) is 12.0 Å². The normalized spacial score (nSPS) is 11.9. The Hall–Kier alpha value is -3.83. The number of aliphatic imine (C=N–C) groups is 1. The molecular weight excluding hydrogens is 410 g/mol. The summed E-state index contributed by atoms with van der Waals surface area (Å²) in [7, 11) is 0. The van der Waals surface area contributed by atoms with Crippen molar-refractivity contribution >= 4 is 23.2 Å². The van der Waals surface area contributed by atoms with Gasteiger partial charge in [-0.15, -0.1) is 5.10 Å². The molecule has 0 unspecified atom stereocenters. The zero-order valence-corrected chi connectivity index (χ0v) is 17.6. The van der Waals surface area contributed by atoms with Crippen LogP contribution in [0.4, 0.5) is 5.69 Å². The predicted molar refractivity (Wildman–Crippen MR) is 124 cm³/mol. The summed E-state index contributed by atoms with van der Waals surface area (Å²) in [6, 6.07) is 28.3. The van der Waals surface area contributed by atoms with E-state index in [0.717, 1.165) is 11.4 Å². The second-order valence-electron chi connectivity index (χ2n) is 6.66. The Morgan fingerprint density at radius 1 is 0.903 bits per heavy atom. The maximum Gasteiger partial charge on any atom is 0.238 e. The second kappa shape index (κ2) is 9.78. The molecule has 0 aliphatic heterocycles. The van der Waals surface area contributed by atoms with E-state index in [1.807, 2.05) is 98.0 Å². The molecule has 0 amide bonds. The molecule has 6 heteroatoms. The average molecular weight is 430 g/mol. The molecule has 5 nitrogen and oxygen atoms in total. The van der Waals surface area contributed by atoms with Gasteiger partial charge in [0.05, 0.1) is 11.4 Å². The molecule has 1 aromatic heterocycles. The first-order valence-electron chi connectivity index (χ1n) is 9.69. The number of para-hydroxylation sites is 2. The van der Waals surface area contributed by atoms with Gasteiger partial charge >= 0.3 is 0 Å². The second-order valence-corrected chi connectivity index (χ2v) is 7.10. The molecule has 0 N–H and O–H groups in total. The molecule has 154 valence electrons. The quantitative estimate of drug-likeness (QED) is 0.196. The molecule has 0 bridgehead atoms. The fourth-order valence-corrected chi connectivity index (χ4v) is 2.84. The van der Waals surface area contributed by atoms with E-state index >= 15 is 0 Å². The first-order chi connectivity index (χ1) is 15.2. The van der Waals surface area contributed by atoms with E-state index < -0.39 is 0 Å². The minimum absolute atomic E-state index is 0.439. The summed E-state index contributed by atoms with van der Waals surface area (Å²) in [5.74, 6) is 1.58. The van der Waals surface area contributed by atoms with E-state index in [2.05, 4.69) is 10.1 Å². The molecule has 4 aromatic rings. The highest BCUT2D eigenvalue weighted by Crippen LogP contribution is 2.19. The van der Waals surface area contributed by atoms with Crippen molar-refractivity contribution in [1.29, 1.82) is 0 Å². The lowest BCUT2D eigenvalue weighted by Crippen LogP contribution is -2.11. The minimum Gasteiger partial charge on any atom is -0.445 e. The van der Waals surface area contributed by atoms with Crippen LogP contribution in [0.2, 0.25) is 5.02 Å². The van der Waals surface area contributed by atoms with Crippen molar-refractivity contribution in [1.82, 2.24) is 9.78 Å². The molecule has 3 aromatic carbocycles. The van der Waals surface area contributed by atoms with Gasteiger partial charge in [0.25, 0.3) is 0 Å². The summed E-state index contributed by atoms with van der Waals surface area (Å²) in [5.41, 5.74) is 2.39. The van der Waals surface area contributed by atoms with E-state index in [1.165, 1.54) is 0 Å². The third-order valence-electron chi connectivity index (χ3n) is 4.29. The fourth-order valence-electron chi connectivity index (χ4n) is 2.72. The fraction of sp³-hybridized carbons (Fsp3) is 0.0400. The number of hydrogen-bond acceptors (Lipinski definition) is 4. The minimum atomic E-state index is 0.439. The number of rotatable bonds is 6. The van der Waals surface area contributed by atoms with Gasteiger partial charge in [-0.3, -0.25) is 0 Å². The number of benzene rings is 3. The molecule has 31 heavy (non-hydrogen) atoms. The molecule has 1 heterocycles. The predicted octanol–water partition coefficient (Wildman–Crippen LogP) is 6.62. The van der Waals surface area contributed by atoms with Crippen molar-refractivity contribution in [3.8, 4) is 17.3 Å². The SMILES string of the molecule is CC(=C\Oc1ccn(-c2ccc(Cl)cc2)n1)/C(=N/c1ccccc1)Oc1ccccc1. The van der Waals surface area contributed by atoms with Crippen molar-refractivity contribution in [2.45, 2.75) is 6.92 Å². The van der Waals surface area contributed by atoms with Gasteiger partial charge in [-0.25, -0.2) is 9.67 Å². The zero-order chi connectivity index (χ0) is 21.5. The highest BCUT2D eigenvalue weighted by molar-refractivity contribution is 6.30. The lowest BCUT2D eigenvalue weighted by Gasteiger charge is -2.09. The van der Waals surface area contributed by atoms with E-state index in [-0.39, 0.29) is 0 Å². The summed E-state index contributed by atoms with van der Waals surface area (Å²) in [4.78, 5) is 4.64. The van der Waals surface area contributed by atoms with Gasteiger partial charge in [0, 0.05) is 22.9 Å². The number of hydrogen-bond donors (Lipinski definition) is 0. The Kier molecular flexibility index (Phi) is 6.45. The van der Waals surface area contributed by atoms with Crippen LogP contribution in [0, 0.1) is 0 Å². The highest BCUT2D eigenvalue weighted by atomic mass is 35.5. The molecule has 0 saturated heterocycles. The summed E-state index contributed by atoms with van der Waals surface area (Å²) >= 11 is 5.95. The number of halogens is 1. The Bertz CT molecular complexity index is 1180. The first kappa shape index (κ1) is 20.4. The van der Waals surface area contributed by atoms with Crippen molar-refractivity contribution in [3.05, 3.63) is 114 Å². The maximum absolute atomic E-state index is 6.02. The molecule has 0 aliphatic carbocycles. The van der Waals surface area contributed by atoms with Crippen molar-refractivity contribution in [2.75, 3.05) is 0 Å². The summed E-state index contributed by atoms with van der Waals surface area (Å²) in [6.07, 6.45) is 3.40. The Balaban J connectivity index is 1.54. The molecule has 0 fully saturated rings. The van der Waals surface area contributed by atoms with Gasteiger partial charge in [0.15, 0.2) is 0 Å². The topological polar surface area (TPSA) is 48.6 Å². The van der Waals surface area contributed by atoms with Crippen LogP contribution in [0.15, 0.2) is 114 Å². The van der Waals surface area contributed by atoms with Crippen LogP contribution in [0.5, 0.6) is 11.6 Å². The Labute approximate surface area is 185 Å². The highest BCUT2D eigenvalue weighted by Gasteiger charge is 2.08. The molecule has 4 rings (SSSR count). The molecular formula is C25H20ClN3O2. The van der Waals surface area contributed by atoms with Gasteiger partial charge in [-0.05, 0) is 55.5 Å². The van der Waals surface area contributed by atoms with Gasteiger partial charge in [-0.2, -0.15) is 0 Å². The summed E-state index contributed by atoms with van der Waals surface area (Å²) in [6.45, 7) is 1.88. The lowest BCUT2D eigenvalue weighted by atomic mass is 10.3. The van der Waals surface area contributed by atoms with Crippen LogP contribution in [0.3, 0.4) is 0 Å². The Morgan fingerprint density at radius 2 is 1.58 bits per heavy atom. The van der Waals surface area contributed by atoms with E-state index in [4.69, 9.17) is 21.1 Å². The third kappa shape index (κ3) is 5.62. The van der Waals surface area contributed by atoms with Crippen molar-refractivity contribution < 1.29 is 9.47 Å². The van der Waals surface area contributed by atoms with Gasteiger partial charge in [-0.1, -0.05) is 48.0 Å². The molecule has 0 aliphatic rings. The standard InChI is InChI=1S/C25H20ClN3O2/c1-19(18-30-24-16-17-29(28-24)22-14-12-20(26)13-15-22)25(27-21-8-4-2-5-9-21)31-23-10-6-3-7-11-23/h2-18H,1H3/b19-18+,27-25-. The maximum atomic E-state index is 6.02. The molecule has 0 atom stereocenters. The Morgan fingerprint density at radius 3 is 2.29 bits per heavy atom. The molecule has 0 spiro atoms. The number of nitrogens with zero attached hydrogens (tertiary/aromatic N) is 3. The molecule has 0 radical (unpaired) electrons. The third-order valence-corrected chi connectivity index (χ3v) is 4.55. The number of ether oxygens (including phenoxy) is 2. The van der Waals surface area contributed by atoms with Crippen LogP contribution in [-0.4, -0.2) is 15.7 Å². The van der Waals surface area contributed by atoms with Crippen LogP contribution >= 0.6 is 11.6 Å². The van der Waals surface area contributed by atoms with Gasteiger partial charge < -0.3 is 9.47 Å². The number of aromatic nitrogens is 2. The van der Waals surface area contributed by atoms with E-state index in [1.54, 1.807) is 17.0 Å². The van der Waals surface area contributed by atoms with E-state index in [9.17, 15) is 0 Å². The first-order valence-corrected chi connectivity index (χ1v) is 10.1. The zero-order valence-electron chi connectivity index (χ0n) is 16.9. The largest absolute Gasteiger partial charge is 0.445 e. The van der Waals surface area contributed by atoms with Crippen LogP contribution in [0.25, 0.3) is 5.69 Å². The van der Waals surface area contributed by atoms with Crippen molar-refractivity contribution in [2.24, 2.45) is 4.99 Å². The van der Waals surface area contributed by atoms with Crippen LogP contribution in [0.1, 0.15) is 6.92 Å². The summed E-state index contributed by atoms with van der Waals surface area (Å²) < 4.78 is 13.5. The smallest absolute Gasteiger partial charge is 0.238 e. The van der Waals surface area contributed by atoms with Crippen LogP contribution < -0.4 is 9.47 Å². The van der Waals surface area contributed by atoms with Crippen molar-refractivity contribution in [3.63, 3.8) is 0 Å². The summed E-state index contributed by atoms with van der Waals surface area (Å²) in [5, 5.41) is 5.11. The molecule has 0 saturated carbocycles. The lowest BCUT2D eigenvalue weighted by molar-refractivity contribution is 0.450. The van der Waals surface area contributed by atoms with Gasteiger partial charge in [0.2, 0.25) is 11.8 Å². The van der Waals surface area contributed by atoms with E-state index in [0.29, 0.717) is 28.1 Å².